The molecule has 2 amide bonds. The predicted octanol–water partition coefficient (Wildman–Crippen LogP) is -0.451. The molecule has 0 aliphatic carbocycles. The minimum absolute atomic E-state index is 0.109. The third-order valence-electron chi connectivity index (χ3n) is 3.88. The molecule has 1 fully saturated rings. The van der Waals surface area contributed by atoms with Crippen LogP contribution in [-0.2, 0) is 16.1 Å². The molecule has 1 aliphatic rings. The largest absolute Gasteiger partial charge is 0.472 e. The summed E-state index contributed by atoms with van der Waals surface area (Å²) in [5.74, 6) is -0.524. The van der Waals surface area contributed by atoms with E-state index < -0.39 is 13.2 Å². The number of benzene rings is 1. The summed E-state index contributed by atoms with van der Waals surface area (Å²) in [5, 5.41) is 23.7. The van der Waals surface area contributed by atoms with E-state index in [0.29, 0.717) is 24.5 Å². The fourth-order valence-electron chi connectivity index (χ4n) is 2.69. The predicted molar refractivity (Wildman–Crippen MR) is 91.1 cm³/mol. The van der Waals surface area contributed by atoms with Crippen LogP contribution in [0.25, 0.3) is 0 Å². The maximum Gasteiger partial charge on any atom is 0.472 e. The quantitative estimate of drug-likeness (QED) is 0.497. The van der Waals surface area contributed by atoms with Crippen LogP contribution in [0.4, 0.5) is 0 Å². The Labute approximate surface area is 146 Å². The molecule has 0 radical (unpaired) electrons. The summed E-state index contributed by atoms with van der Waals surface area (Å²) >= 11 is 6.06. The van der Waals surface area contributed by atoms with Crippen molar-refractivity contribution in [2.24, 2.45) is 0 Å². The zero-order valence-corrected chi connectivity index (χ0v) is 14.0. The first-order chi connectivity index (χ1) is 11.5. The van der Waals surface area contributed by atoms with E-state index in [4.69, 9.17) is 21.6 Å². The molecule has 1 aromatic carbocycles. The van der Waals surface area contributed by atoms with Gasteiger partial charge in [0.05, 0.1) is 13.0 Å². The fourth-order valence-corrected chi connectivity index (χ4v) is 2.90. The van der Waals surface area contributed by atoms with Crippen molar-refractivity contribution in [2.45, 2.75) is 25.4 Å². The zero-order valence-electron chi connectivity index (χ0n) is 13.2. The molecule has 1 aromatic rings. The van der Waals surface area contributed by atoms with E-state index in [-0.39, 0.29) is 24.8 Å². The lowest BCUT2D eigenvalue weighted by atomic mass is 9.92. The van der Waals surface area contributed by atoms with Crippen molar-refractivity contribution in [3.63, 3.8) is 0 Å². The lowest BCUT2D eigenvalue weighted by molar-refractivity contribution is -0.137. The highest BCUT2D eigenvalue weighted by Crippen LogP contribution is 2.18. The van der Waals surface area contributed by atoms with Crippen molar-refractivity contribution < 1.29 is 19.6 Å². The number of rotatable bonds is 7. The lowest BCUT2D eigenvalue weighted by Crippen LogP contribution is -2.50. The molecular weight excluding hydrogens is 332 g/mol. The average molecular weight is 354 g/mol. The molecule has 130 valence electrons. The maximum atomic E-state index is 12.3. The Morgan fingerprint density at radius 1 is 1.33 bits per heavy atom. The SMILES string of the molecule is O=C(NCB(O)O)C1CCCN1C(=O)CNCc1ccccc1Cl. The third-order valence-corrected chi connectivity index (χ3v) is 4.25. The number of carbonyl (C=O) groups is 2. The van der Waals surface area contributed by atoms with Gasteiger partial charge in [-0.2, -0.15) is 0 Å². The molecule has 1 atom stereocenters. The molecular formula is C15H21BClN3O4. The summed E-state index contributed by atoms with van der Waals surface area (Å²) in [6.07, 6.45) is 1.07. The van der Waals surface area contributed by atoms with Crippen LogP contribution in [0.3, 0.4) is 0 Å². The van der Waals surface area contributed by atoms with Crippen molar-refractivity contribution in [1.29, 1.82) is 0 Å². The van der Waals surface area contributed by atoms with E-state index in [1.807, 2.05) is 18.2 Å². The van der Waals surface area contributed by atoms with Gasteiger partial charge in [0.2, 0.25) is 11.8 Å². The van der Waals surface area contributed by atoms with Gasteiger partial charge < -0.3 is 25.6 Å². The molecule has 1 aliphatic heterocycles. The Balaban J connectivity index is 1.82. The summed E-state index contributed by atoms with van der Waals surface area (Å²) in [7, 11) is -1.60. The molecule has 9 heteroatoms. The van der Waals surface area contributed by atoms with Crippen molar-refractivity contribution in [3.05, 3.63) is 34.9 Å². The maximum absolute atomic E-state index is 12.3. The van der Waals surface area contributed by atoms with Crippen LogP contribution >= 0.6 is 11.6 Å². The van der Waals surface area contributed by atoms with E-state index in [9.17, 15) is 9.59 Å². The first-order valence-electron chi connectivity index (χ1n) is 7.86. The van der Waals surface area contributed by atoms with Gasteiger partial charge in [-0.05, 0) is 24.5 Å². The van der Waals surface area contributed by atoms with Crippen LogP contribution in [0, 0.1) is 0 Å². The van der Waals surface area contributed by atoms with Gasteiger partial charge in [0, 0.05) is 18.1 Å². The Hall–Kier alpha value is -1.61. The van der Waals surface area contributed by atoms with Crippen LogP contribution in [0.2, 0.25) is 5.02 Å². The fraction of sp³-hybridized carbons (Fsp3) is 0.467. The number of nitrogens with one attached hydrogen (secondary N) is 2. The highest BCUT2D eigenvalue weighted by molar-refractivity contribution is 6.41. The van der Waals surface area contributed by atoms with E-state index in [1.54, 1.807) is 6.07 Å². The van der Waals surface area contributed by atoms with E-state index in [1.165, 1.54) is 4.90 Å². The first-order valence-corrected chi connectivity index (χ1v) is 8.24. The molecule has 4 N–H and O–H groups in total. The number of hydrogen-bond acceptors (Lipinski definition) is 5. The zero-order chi connectivity index (χ0) is 17.5. The van der Waals surface area contributed by atoms with Crippen molar-refractivity contribution in [2.75, 3.05) is 19.5 Å². The Kier molecular flexibility index (Phi) is 7.05. The average Bonchev–Trinajstić information content (AvgIpc) is 3.04. The van der Waals surface area contributed by atoms with Crippen LogP contribution in [0.5, 0.6) is 0 Å². The van der Waals surface area contributed by atoms with Gasteiger partial charge in [0.25, 0.3) is 0 Å². The third kappa shape index (κ3) is 5.20. The topological polar surface area (TPSA) is 102 Å². The lowest BCUT2D eigenvalue weighted by Gasteiger charge is -2.24. The van der Waals surface area contributed by atoms with Crippen molar-refractivity contribution >= 4 is 30.5 Å². The second-order valence-corrected chi connectivity index (χ2v) is 6.07. The summed E-state index contributed by atoms with van der Waals surface area (Å²) in [5.41, 5.74) is 0.902. The molecule has 1 unspecified atom stereocenters. The molecule has 0 aromatic heterocycles. The Morgan fingerprint density at radius 2 is 2.08 bits per heavy atom. The van der Waals surface area contributed by atoms with Crippen molar-refractivity contribution in [3.8, 4) is 0 Å². The van der Waals surface area contributed by atoms with Gasteiger partial charge in [-0.3, -0.25) is 9.59 Å². The van der Waals surface area contributed by atoms with E-state index in [2.05, 4.69) is 10.6 Å². The van der Waals surface area contributed by atoms with E-state index >= 15 is 0 Å². The van der Waals surface area contributed by atoms with Crippen LogP contribution in [0.1, 0.15) is 18.4 Å². The van der Waals surface area contributed by atoms with Crippen LogP contribution in [-0.4, -0.2) is 59.5 Å². The Bertz CT molecular complexity index is 588. The Morgan fingerprint density at radius 3 is 2.79 bits per heavy atom. The van der Waals surface area contributed by atoms with E-state index in [0.717, 1.165) is 12.0 Å². The molecule has 0 saturated carbocycles. The summed E-state index contributed by atoms with van der Waals surface area (Å²) < 4.78 is 0. The number of nitrogens with zero attached hydrogens (tertiary/aromatic N) is 1. The van der Waals surface area contributed by atoms with Gasteiger partial charge in [-0.1, -0.05) is 29.8 Å². The number of halogens is 1. The second kappa shape index (κ2) is 9.03. The molecule has 1 heterocycles. The molecule has 24 heavy (non-hydrogen) atoms. The van der Waals surface area contributed by atoms with Crippen LogP contribution in [0.15, 0.2) is 24.3 Å². The summed E-state index contributed by atoms with van der Waals surface area (Å²) in [4.78, 5) is 25.9. The minimum Gasteiger partial charge on any atom is -0.426 e. The number of hydrogen-bond donors (Lipinski definition) is 4. The van der Waals surface area contributed by atoms with Gasteiger partial charge in [0.15, 0.2) is 0 Å². The minimum atomic E-state index is -1.60. The van der Waals surface area contributed by atoms with Gasteiger partial charge >= 0.3 is 7.12 Å². The summed E-state index contributed by atoms with van der Waals surface area (Å²) in [6, 6.07) is 6.83. The molecule has 0 spiro atoms. The molecule has 2 rings (SSSR count). The van der Waals surface area contributed by atoms with Gasteiger partial charge in [0.1, 0.15) is 6.04 Å². The highest BCUT2D eigenvalue weighted by atomic mass is 35.5. The molecule has 7 nitrogen and oxygen atoms in total. The first kappa shape index (κ1) is 18.7. The highest BCUT2D eigenvalue weighted by Gasteiger charge is 2.33. The monoisotopic (exact) mass is 353 g/mol. The number of carbonyl (C=O) groups excluding carboxylic acids is 2. The number of amides is 2. The summed E-state index contributed by atoms with van der Waals surface area (Å²) in [6.45, 7) is 1.09. The molecule has 1 saturated heterocycles. The van der Waals surface area contributed by atoms with Crippen molar-refractivity contribution in [1.82, 2.24) is 15.5 Å². The molecule has 0 bridgehead atoms. The van der Waals surface area contributed by atoms with Crippen LogP contribution < -0.4 is 10.6 Å². The van der Waals surface area contributed by atoms with Gasteiger partial charge in [-0.25, -0.2) is 0 Å². The normalized spacial score (nSPS) is 17.0. The smallest absolute Gasteiger partial charge is 0.426 e. The second-order valence-electron chi connectivity index (χ2n) is 5.67. The number of likely N-dealkylation sites (tertiary alicyclic amines) is 1. The van der Waals surface area contributed by atoms with Gasteiger partial charge in [-0.15, -0.1) is 0 Å². The standard InChI is InChI=1S/C15H21BClN3O4/c17-12-5-2-1-4-11(12)8-18-9-14(21)20-7-3-6-13(20)15(22)19-10-16(23)24/h1-2,4-5,13,18,23-24H,3,6-10H2,(H,19,22).